The summed E-state index contributed by atoms with van der Waals surface area (Å²) in [6.07, 6.45) is 6.75. The second-order valence-corrected chi connectivity index (χ2v) is 6.94. The number of pyridine rings is 1. The van der Waals surface area contributed by atoms with Crippen molar-refractivity contribution < 1.29 is 13.2 Å². The molecule has 134 valence electrons. The second-order valence-electron chi connectivity index (χ2n) is 6.94. The zero-order valence-electron chi connectivity index (χ0n) is 14.0. The number of nitrogens with one attached hydrogen (secondary N) is 1. The predicted molar refractivity (Wildman–Crippen MR) is 88.9 cm³/mol. The van der Waals surface area contributed by atoms with Crippen molar-refractivity contribution in [3.63, 3.8) is 0 Å². The van der Waals surface area contributed by atoms with Crippen LogP contribution < -0.4 is 5.32 Å². The molecule has 1 aromatic heterocycles. The first-order valence-electron chi connectivity index (χ1n) is 9.07. The van der Waals surface area contributed by atoms with Crippen molar-refractivity contribution in [1.82, 2.24) is 9.88 Å². The normalized spacial score (nSPS) is 23.5. The van der Waals surface area contributed by atoms with Gasteiger partial charge in [0.15, 0.2) is 0 Å². The first-order valence-corrected chi connectivity index (χ1v) is 9.07. The lowest BCUT2D eigenvalue weighted by atomic mass is 9.96. The monoisotopic (exact) mass is 341 g/mol. The zero-order chi connectivity index (χ0) is 17.0. The highest BCUT2D eigenvalue weighted by atomic mass is 19.4. The van der Waals surface area contributed by atoms with Crippen LogP contribution >= 0.6 is 0 Å². The second kappa shape index (κ2) is 7.72. The smallest absolute Gasteiger partial charge is 0.370 e. The number of aromatic nitrogens is 1. The van der Waals surface area contributed by atoms with Gasteiger partial charge in [0.25, 0.3) is 0 Å². The van der Waals surface area contributed by atoms with Crippen LogP contribution in [-0.4, -0.2) is 35.1 Å². The fourth-order valence-corrected chi connectivity index (χ4v) is 4.18. The molecule has 3 rings (SSSR count). The van der Waals surface area contributed by atoms with Crippen molar-refractivity contribution in [3.8, 4) is 0 Å². The summed E-state index contributed by atoms with van der Waals surface area (Å²) in [5.74, 6) is -0.0479. The average Bonchev–Trinajstić information content (AvgIpc) is 3.09. The van der Waals surface area contributed by atoms with Crippen LogP contribution in [0.25, 0.3) is 0 Å². The minimum atomic E-state index is -4.36. The zero-order valence-corrected chi connectivity index (χ0v) is 14.0. The number of piperidine rings is 1. The van der Waals surface area contributed by atoms with Gasteiger partial charge in [-0.2, -0.15) is 13.2 Å². The number of nitrogens with zero attached hydrogens (tertiary/aromatic N) is 2. The Morgan fingerprint density at radius 2 is 1.88 bits per heavy atom. The van der Waals surface area contributed by atoms with Crippen molar-refractivity contribution in [2.75, 3.05) is 18.4 Å². The van der Waals surface area contributed by atoms with Crippen molar-refractivity contribution in [1.29, 1.82) is 0 Å². The Bertz CT molecular complexity index is 526. The van der Waals surface area contributed by atoms with Gasteiger partial charge < -0.3 is 5.32 Å². The lowest BCUT2D eigenvalue weighted by Gasteiger charge is -2.40. The highest BCUT2D eigenvalue weighted by molar-refractivity contribution is 5.45. The minimum Gasteiger partial charge on any atom is -0.370 e. The Morgan fingerprint density at radius 1 is 1.12 bits per heavy atom. The van der Waals surface area contributed by atoms with Gasteiger partial charge in [-0.1, -0.05) is 19.3 Å². The Balaban J connectivity index is 1.57. The Morgan fingerprint density at radius 3 is 2.62 bits per heavy atom. The number of likely N-dealkylation sites (tertiary alicyclic amines) is 1. The quantitative estimate of drug-likeness (QED) is 0.841. The first-order chi connectivity index (χ1) is 11.6. The van der Waals surface area contributed by atoms with Crippen LogP contribution in [0, 0.1) is 0 Å². The number of rotatable bonds is 5. The van der Waals surface area contributed by atoms with Gasteiger partial charge in [0, 0.05) is 24.8 Å². The molecule has 6 heteroatoms. The summed E-state index contributed by atoms with van der Waals surface area (Å²) in [7, 11) is 0. The van der Waals surface area contributed by atoms with Crippen LogP contribution in [0.3, 0.4) is 0 Å². The van der Waals surface area contributed by atoms with Crippen LogP contribution in [-0.2, 0) is 6.18 Å². The average molecular weight is 341 g/mol. The number of anilines is 1. The van der Waals surface area contributed by atoms with Crippen LogP contribution in [0.5, 0.6) is 0 Å². The van der Waals surface area contributed by atoms with E-state index in [2.05, 4.69) is 15.2 Å². The van der Waals surface area contributed by atoms with Crippen LogP contribution in [0.2, 0.25) is 0 Å². The summed E-state index contributed by atoms with van der Waals surface area (Å²) in [4.78, 5) is 6.51. The third-order valence-electron chi connectivity index (χ3n) is 5.35. The van der Waals surface area contributed by atoms with Crippen molar-refractivity contribution in [2.24, 2.45) is 0 Å². The maximum atomic E-state index is 13.0. The maximum Gasteiger partial charge on any atom is 0.419 e. The van der Waals surface area contributed by atoms with Crippen molar-refractivity contribution in [2.45, 2.75) is 69.6 Å². The van der Waals surface area contributed by atoms with Crippen molar-refractivity contribution in [3.05, 3.63) is 23.9 Å². The Labute approximate surface area is 141 Å². The summed E-state index contributed by atoms with van der Waals surface area (Å²) in [6.45, 7) is 1.68. The molecule has 24 heavy (non-hydrogen) atoms. The van der Waals surface area contributed by atoms with E-state index in [0.717, 1.165) is 25.5 Å². The van der Waals surface area contributed by atoms with E-state index in [1.54, 1.807) is 0 Å². The summed E-state index contributed by atoms with van der Waals surface area (Å²) in [5, 5.41) is 2.92. The molecule has 0 radical (unpaired) electrons. The van der Waals surface area contributed by atoms with Gasteiger partial charge in [-0.15, -0.1) is 0 Å². The van der Waals surface area contributed by atoms with E-state index in [0.29, 0.717) is 18.6 Å². The lowest BCUT2D eigenvalue weighted by molar-refractivity contribution is -0.137. The standard InChI is InChI=1S/C18H26F3N3/c19-18(20,21)16-9-5-11-22-17(16)23-12-10-15-8-3-4-13-24(15)14-6-1-2-7-14/h5,9,11,14-15H,1-4,6-8,10,12-13H2,(H,22,23). The van der Waals surface area contributed by atoms with E-state index < -0.39 is 11.7 Å². The predicted octanol–water partition coefficient (Wildman–Crippen LogP) is 4.70. The molecular weight excluding hydrogens is 315 g/mol. The number of hydrogen-bond acceptors (Lipinski definition) is 3. The number of hydrogen-bond donors (Lipinski definition) is 1. The van der Waals surface area contributed by atoms with Gasteiger partial charge in [0.2, 0.25) is 0 Å². The molecule has 1 unspecified atom stereocenters. The van der Waals surface area contributed by atoms with Crippen LogP contribution in [0.1, 0.15) is 56.9 Å². The largest absolute Gasteiger partial charge is 0.419 e. The molecule has 1 saturated heterocycles. The van der Waals surface area contributed by atoms with E-state index in [1.165, 1.54) is 50.8 Å². The van der Waals surface area contributed by atoms with E-state index >= 15 is 0 Å². The van der Waals surface area contributed by atoms with Gasteiger partial charge in [0.1, 0.15) is 5.82 Å². The molecule has 2 aliphatic rings. The summed E-state index contributed by atoms with van der Waals surface area (Å²) in [5.41, 5.74) is -0.679. The number of halogens is 3. The summed E-state index contributed by atoms with van der Waals surface area (Å²) in [6, 6.07) is 3.60. The maximum absolute atomic E-state index is 13.0. The van der Waals surface area contributed by atoms with E-state index in [-0.39, 0.29) is 5.82 Å². The van der Waals surface area contributed by atoms with Gasteiger partial charge in [-0.25, -0.2) is 4.98 Å². The van der Waals surface area contributed by atoms with Gasteiger partial charge in [0.05, 0.1) is 5.56 Å². The molecule has 2 heterocycles. The Hall–Kier alpha value is -1.30. The molecular formula is C18H26F3N3. The fourth-order valence-electron chi connectivity index (χ4n) is 4.18. The lowest BCUT2D eigenvalue weighted by Crippen LogP contribution is -2.45. The SMILES string of the molecule is FC(F)(F)c1cccnc1NCCC1CCCCN1C1CCCC1. The molecule has 2 fully saturated rings. The van der Waals surface area contributed by atoms with E-state index in [4.69, 9.17) is 0 Å². The molecule has 0 aromatic carbocycles. The minimum absolute atomic E-state index is 0.0479. The highest BCUT2D eigenvalue weighted by Crippen LogP contribution is 2.34. The van der Waals surface area contributed by atoms with E-state index in [1.807, 2.05) is 0 Å². The topological polar surface area (TPSA) is 28.2 Å². The third-order valence-corrected chi connectivity index (χ3v) is 5.35. The molecule has 1 aromatic rings. The summed E-state index contributed by atoms with van der Waals surface area (Å²) >= 11 is 0. The first kappa shape index (κ1) is 17.5. The molecule has 0 spiro atoms. The molecule has 0 amide bonds. The fraction of sp³-hybridized carbons (Fsp3) is 0.722. The molecule has 1 N–H and O–H groups in total. The molecule has 1 aliphatic carbocycles. The van der Waals surface area contributed by atoms with Crippen LogP contribution in [0.15, 0.2) is 18.3 Å². The molecule has 1 saturated carbocycles. The van der Waals surface area contributed by atoms with Crippen LogP contribution in [0.4, 0.5) is 19.0 Å². The third kappa shape index (κ3) is 4.21. The Kier molecular flexibility index (Phi) is 5.64. The van der Waals surface area contributed by atoms with Gasteiger partial charge in [-0.3, -0.25) is 4.90 Å². The number of alkyl halides is 3. The summed E-state index contributed by atoms with van der Waals surface area (Å²) < 4.78 is 39.0. The van der Waals surface area contributed by atoms with E-state index in [9.17, 15) is 13.2 Å². The van der Waals surface area contributed by atoms with Gasteiger partial charge in [-0.05, 0) is 50.8 Å². The van der Waals surface area contributed by atoms with Gasteiger partial charge >= 0.3 is 6.18 Å². The molecule has 1 atom stereocenters. The highest BCUT2D eigenvalue weighted by Gasteiger charge is 2.34. The van der Waals surface area contributed by atoms with Crippen molar-refractivity contribution >= 4 is 5.82 Å². The molecule has 0 bridgehead atoms. The molecule has 3 nitrogen and oxygen atoms in total. The molecule has 1 aliphatic heterocycles.